The molecule has 3 aliphatic rings. The smallest absolute Gasteiger partial charge is 0.0713 e. The van der Waals surface area contributed by atoms with Crippen molar-refractivity contribution >= 4 is 5.71 Å². The highest BCUT2D eigenvalue weighted by Crippen LogP contribution is 2.38. The highest BCUT2D eigenvalue weighted by Gasteiger charge is 2.28. The van der Waals surface area contributed by atoms with E-state index in [1.54, 1.807) is 0 Å². The van der Waals surface area contributed by atoms with Crippen LogP contribution < -0.4 is 0 Å². The summed E-state index contributed by atoms with van der Waals surface area (Å²) in [5.74, 6) is 0.384. The van der Waals surface area contributed by atoms with E-state index in [0.717, 1.165) is 11.4 Å². The quantitative estimate of drug-likeness (QED) is 0.671. The van der Waals surface area contributed by atoms with Crippen LogP contribution in [-0.4, -0.2) is 5.71 Å². The zero-order valence-electron chi connectivity index (χ0n) is 12.5. The van der Waals surface area contributed by atoms with Crippen molar-refractivity contribution in [2.24, 2.45) is 10.9 Å². The highest BCUT2D eigenvalue weighted by atomic mass is 14.8. The molecule has 1 heterocycles. The molecule has 102 valence electrons. The number of allylic oxidation sites excluding steroid dienone is 10. The maximum atomic E-state index is 4.79. The van der Waals surface area contributed by atoms with Crippen LogP contribution in [-0.2, 0) is 0 Å². The fourth-order valence-corrected chi connectivity index (χ4v) is 3.00. The third kappa shape index (κ3) is 2.29. The van der Waals surface area contributed by atoms with E-state index in [-0.39, 0.29) is 0 Å². The van der Waals surface area contributed by atoms with Crippen molar-refractivity contribution in [3.05, 3.63) is 70.5 Å². The van der Waals surface area contributed by atoms with Crippen LogP contribution in [0.2, 0.25) is 0 Å². The SMILES string of the molecule is CCCC1=CC(C2=C3C=CC=C3N=C2C=C(C)C)C=C1. The van der Waals surface area contributed by atoms with Crippen LogP contribution in [0.4, 0.5) is 0 Å². The van der Waals surface area contributed by atoms with Gasteiger partial charge >= 0.3 is 0 Å². The van der Waals surface area contributed by atoms with Gasteiger partial charge in [0, 0.05) is 11.5 Å². The normalized spacial score (nSPS) is 22.9. The van der Waals surface area contributed by atoms with Crippen molar-refractivity contribution < 1.29 is 0 Å². The fourth-order valence-electron chi connectivity index (χ4n) is 3.00. The zero-order valence-corrected chi connectivity index (χ0v) is 12.5. The van der Waals surface area contributed by atoms with Crippen molar-refractivity contribution in [1.82, 2.24) is 0 Å². The topological polar surface area (TPSA) is 12.4 Å². The zero-order chi connectivity index (χ0) is 14.1. The lowest BCUT2D eigenvalue weighted by atomic mass is 9.91. The third-order valence-corrected chi connectivity index (χ3v) is 3.81. The molecule has 0 spiro atoms. The molecule has 0 fully saturated rings. The lowest BCUT2D eigenvalue weighted by molar-refractivity contribution is 0.920. The molecule has 0 aromatic heterocycles. The molecule has 0 aromatic carbocycles. The first-order valence-electron chi connectivity index (χ1n) is 7.45. The molecule has 0 aromatic rings. The molecule has 0 N–H and O–H groups in total. The Labute approximate surface area is 121 Å². The second kappa shape index (κ2) is 5.24. The molecule has 2 aliphatic carbocycles. The van der Waals surface area contributed by atoms with E-state index in [4.69, 9.17) is 4.99 Å². The standard InChI is InChI=1S/C19H21N/c1-4-6-14-9-10-15(12-14)19-16-7-5-8-17(16)20-18(19)11-13(2)3/h5,7-12,15H,4,6H2,1-3H3. The minimum atomic E-state index is 0.384. The Hall–Kier alpha value is -1.89. The number of aliphatic imine (C=N–C) groups is 1. The monoisotopic (exact) mass is 263 g/mol. The summed E-state index contributed by atoms with van der Waals surface area (Å²) in [6.45, 7) is 6.49. The molecule has 0 saturated carbocycles. The number of rotatable bonds is 4. The highest BCUT2D eigenvalue weighted by molar-refractivity contribution is 6.14. The van der Waals surface area contributed by atoms with Gasteiger partial charge in [0.1, 0.15) is 0 Å². The Morgan fingerprint density at radius 2 is 2.15 bits per heavy atom. The molecular weight excluding hydrogens is 242 g/mol. The van der Waals surface area contributed by atoms with E-state index in [9.17, 15) is 0 Å². The summed E-state index contributed by atoms with van der Waals surface area (Å²) in [5, 5.41) is 0. The number of fused-ring (bicyclic) bond motifs is 1. The van der Waals surface area contributed by atoms with Gasteiger partial charge in [-0.15, -0.1) is 0 Å². The Morgan fingerprint density at radius 1 is 1.30 bits per heavy atom. The molecule has 1 nitrogen and oxygen atoms in total. The first-order chi connectivity index (χ1) is 9.69. The summed E-state index contributed by atoms with van der Waals surface area (Å²) in [5.41, 5.74) is 7.69. The van der Waals surface area contributed by atoms with Gasteiger partial charge in [-0.25, -0.2) is 4.99 Å². The average Bonchev–Trinajstić information content (AvgIpc) is 3.04. The van der Waals surface area contributed by atoms with Crippen molar-refractivity contribution in [1.29, 1.82) is 0 Å². The molecule has 3 rings (SSSR count). The van der Waals surface area contributed by atoms with E-state index in [0.29, 0.717) is 5.92 Å². The molecule has 0 saturated heterocycles. The molecule has 0 radical (unpaired) electrons. The van der Waals surface area contributed by atoms with Gasteiger partial charge in [0.25, 0.3) is 0 Å². The minimum absolute atomic E-state index is 0.384. The predicted molar refractivity (Wildman–Crippen MR) is 86.7 cm³/mol. The van der Waals surface area contributed by atoms with Crippen molar-refractivity contribution in [2.75, 3.05) is 0 Å². The van der Waals surface area contributed by atoms with Gasteiger partial charge in [0.05, 0.1) is 11.4 Å². The van der Waals surface area contributed by atoms with Gasteiger partial charge in [0.15, 0.2) is 0 Å². The average molecular weight is 263 g/mol. The Morgan fingerprint density at radius 3 is 2.90 bits per heavy atom. The first kappa shape index (κ1) is 13.1. The predicted octanol–water partition coefficient (Wildman–Crippen LogP) is 5.07. The number of hydrogen-bond donors (Lipinski definition) is 0. The summed E-state index contributed by atoms with van der Waals surface area (Å²) in [4.78, 5) is 4.79. The molecule has 1 atom stereocenters. The van der Waals surface area contributed by atoms with Crippen LogP contribution in [0.15, 0.2) is 75.5 Å². The summed E-state index contributed by atoms with van der Waals surface area (Å²) in [7, 11) is 0. The van der Waals surface area contributed by atoms with Crippen molar-refractivity contribution in [2.45, 2.75) is 33.6 Å². The van der Waals surface area contributed by atoms with E-state index in [1.165, 1.54) is 35.1 Å². The van der Waals surface area contributed by atoms with Crippen LogP contribution in [0.1, 0.15) is 33.6 Å². The number of hydrogen-bond acceptors (Lipinski definition) is 1. The van der Waals surface area contributed by atoms with E-state index in [1.807, 2.05) is 0 Å². The largest absolute Gasteiger partial charge is 0.248 e. The van der Waals surface area contributed by atoms with Gasteiger partial charge < -0.3 is 0 Å². The summed E-state index contributed by atoms with van der Waals surface area (Å²) >= 11 is 0. The van der Waals surface area contributed by atoms with Crippen LogP contribution in [0.3, 0.4) is 0 Å². The van der Waals surface area contributed by atoms with Crippen LogP contribution in [0.25, 0.3) is 0 Å². The summed E-state index contributed by atoms with van der Waals surface area (Å²) in [6, 6.07) is 0. The van der Waals surface area contributed by atoms with Crippen LogP contribution in [0, 0.1) is 5.92 Å². The third-order valence-electron chi connectivity index (χ3n) is 3.81. The molecule has 1 heteroatoms. The van der Waals surface area contributed by atoms with Gasteiger partial charge in [-0.05, 0) is 38.0 Å². The van der Waals surface area contributed by atoms with Gasteiger partial charge in [-0.1, -0.05) is 54.9 Å². The lowest BCUT2D eigenvalue weighted by Crippen LogP contribution is -2.06. The fraction of sp³-hybridized carbons (Fsp3) is 0.316. The molecule has 1 aliphatic heterocycles. The molecule has 0 amide bonds. The first-order valence-corrected chi connectivity index (χ1v) is 7.45. The molecule has 20 heavy (non-hydrogen) atoms. The Kier molecular flexibility index (Phi) is 3.43. The van der Waals surface area contributed by atoms with Crippen LogP contribution >= 0.6 is 0 Å². The van der Waals surface area contributed by atoms with Crippen molar-refractivity contribution in [3.8, 4) is 0 Å². The molecule has 1 unspecified atom stereocenters. The Balaban J connectivity index is 1.99. The Bertz CT molecular complexity index is 641. The molecule has 0 bridgehead atoms. The summed E-state index contributed by atoms with van der Waals surface area (Å²) in [6.07, 6.45) is 18.0. The minimum Gasteiger partial charge on any atom is -0.248 e. The second-order valence-corrected chi connectivity index (χ2v) is 5.83. The van der Waals surface area contributed by atoms with Gasteiger partial charge in [-0.2, -0.15) is 0 Å². The van der Waals surface area contributed by atoms with E-state index >= 15 is 0 Å². The summed E-state index contributed by atoms with van der Waals surface area (Å²) < 4.78 is 0. The van der Waals surface area contributed by atoms with Gasteiger partial charge in [-0.3, -0.25) is 0 Å². The van der Waals surface area contributed by atoms with Gasteiger partial charge in [0.2, 0.25) is 0 Å². The number of nitrogens with zero attached hydrogens (tertiary/aromatic N) is 1. The maximum absolute atomic E-state index is 4.79. The van der Waals surface area contributed by atoms with E-state index < -0.39 is 0 Å². The van der Waals surface area contributed by atoms with E-state index in [2.05, 4.69) is 63.3 Å². The molecular formula is C19H21N. The van der Waals surface area contributed by atoms with Crippen molar-refractivity contribution in [3.63, 3.8) is 0 Å². The lowest BCUT2D eigenvalue weighted by Gasteiger charge is -2.10. The maximum Gasteiger partial charge on any atom is 0.0713 e. The second-order valence-electron chi connectivity index (χ2n) is 5.83. The van der Waals surface area contributed by atoms with Crippen LogP contribution in [0.5, 0.6) is 0 Å².